The molecule has 0 aliphatic carbocycles. The topological polar surface area (TPSA) is 71.2 Å². The number of benzene rings is 1. The number of amides is 1. The van der Waals surface area contributed by atoms with Crippen LogP contribution in [0.1, 0.15) is 25.3 Å². The van der Waals surface area contributed by atoms with Gasteiger partial charge >= 0.3 is 0 Å². The Morgan fingerprint density at radius 2 is 2.00 bits per heavy atom. The Morgan fingerprint density at radius 1 is 1.22 bits per heavy atom. The van der Waals surface area contributed by atoms with E-state index in [2.05, 4.69) is 34.3 Å². The SMILES string of the molecule is CCN(Cc1ccccc1)c1ccc(NC(=O)CCCN)cn1. The second-order valence-corrected chi connectivity index (χ2v) is 5.35. The van der Waals surface area contributed by atoms with Crippen molar-refractivity contribution >= 4 is 17.4 Å². The highest BCUT2D eigenvalue weighted by atomic mass is 16.1. The van der Waals surface area contributed by atoms with Crippen LogP contribution < -0.4 is 16.0 Å². The van der Waals surface area contributed by atoms with E-state index in [9.17, 15) is 4.79 Å². The molecule has 0 fully saturated rings. The standard InChI is InChI=1S/C18H24N4O/c1-2-22(14-15-7-4-3-5-8-15)17-11-10-16(13-20-17)21-18(23)9-6-12-19/h3-5,7-8,10-11,13H,2,6,9,12,14,19H2,1H3,(H,21,23). The van der Waals surface area contributed by atoms with Gasteiger partial charge in [-0.25, -0.2) is 4.98 Å². The van der Waals surface area contributed by atoms with Gasteiger partial charge in [0.25, 0.3) is 0 Å². The van der Waals surface area contributed by atoms with Crippen LogP contribution in [-0.4, -0.2) is 24.0 Å². The van der Waals surface area contributed by atoms with Crippen LogP contribution in [0.25, 0.3) is 0 Å². The number of nitrogens with one attached hydrogen (secondary N) is 1. The van der Waals surface area contributed by atoms with Crippen molar-refractivity contribution in [3.63, 3.8) is 0 Å². The van der Waals surface area contributed by atoms with Gasteiger partial charge in [-0.3, -0.25) is 4.79 Å². The van der Waals surface area contributed by atoms with E-state index in [4.69, 9.17) is 5.73 Å². The normalized spacial score (nSPS) is 10.3. The summed E-state index contributed by atoms with van der Waals surface area (Å²) in [7, 11) is 0. The first-order chi connectivity index (χ1) is 11.2. The van der Waals surface area contributed by atoms with Gasteiger partial charge < -0.3 is 16.0 Å². The molecule has 2 aromatic rings. The molecule has 23 heavy (non-hydrogen) atoms. The summed E-state index contributed by atoms with van der Waals surface area (Å²) in [6.07, 6.45) is 2.83. The lowest BCUT2D eigenvalue weighted by Gasteiger charge is -2.22. The smallest absolute Gasteiger partial charge is 0.224 e. The van der Waals surface area contributed by atoms with Crippen molar-refractivity contribution in [2.45, 2.75) is 26.3 Å². The van der Waals surface area contributed by atoms with Crippen LogP contribution in [0.2, 0.25) is 0 Å². The van der Waals surface area contributed by atoms with Crippen molar-refractivity contribution in [1.29, 1.82) is 0 Å². The summed E-state index contributed by atoms with van der Waals surface area (Å²) >= 11 is 0. The minimum atomic E-state index is -0.0263. The van der Waals surface area contributed by atoms with Crippen molar-refractivity contribution in [3.8, 4) is 0 Å². The average molecular weight is 312 g/mol. The zero-order valence-corrected chi connectivity index (χ0v) is 13.5. The van der Waals surface area contributed by atoms with Gasteiger partial charge in [0.1, 0.15) is 5.82 Å². The summed E-state index contributed by atoms with van der Waals surface area (Å²) in [6, 6.07) is 14.1. The molecule has 0 saturated heterocycles. The second-order valence-electron chi connectivity index (χ2n) is 5.35. The van der Waals surface area contributed by atoms with Crippen LogP contribution in [0.3, 0.4) is 0 Å². The maximum atomic E-state index is 11.7. The molecule has 1 aromatic heterocycles. The molecule has 3 N–H and O–H groups in total. The van der Waals surface area contributed by atoms with Gasteiger partial charge in [-0.05, 0) is 37.6 Å². The van der Waals surface area contributed by atoms with E-state index in [0.29, 0.717) is 25.1 Å². The van der Waals surface area contributed by atoms with Crippen molar-refractivity contribution in [1.82, 2.24) is 4.98 Å². The predicted molar refractivity (Wildman–Crippen MR) is 94.3 cm³/mol. The van der Waals surface area contributed by atoms with Crippen LogP contribution in [-0.2, 0) is 11.3 Å². The third-order valence-corrected chi connectivity index (χ3v) is 3.56. The third kappa shape index (κ3) is 5.38. The van der Waals surface area contributed by atoms with E-state index >= 15 is 0 Å². The maximum absolute atomic E-state index is 11.7. The number of rotatable bonds is 8. The largest absolute Gasteiger partial charge is 0.353 e. The van der Waals surface area contributed by atoms with Gasteiger partial charge in [0.2, 0.25) is 5.91 Å². The van der Waals surface area contributed by atoms with E-state index in [1.54, 1.807) is 6.20 Å². The first-order valence-electron chi connectivity index (χ1n) is 7.97. The average Bonchev–Trinajstić information content (AvgIpc) is 2.59. The Kier molecular flexibility index (Phi) is 6.56. The van der Waals surface area contributed by atoms with Gasteiger partial charge in [0.15, 0.2) is 0 Å². The summed E-state index contributed by atoms with van der Waals surface area (Å²) < 4.78 is 0. The van der Waals surface area contributed by atoms with Crippen LogP contribution in [0.4, 0.5) is 11.5 Å². The van der Waals surface area contributed by atoms with Crippen molar-refractivity contribution in [2.24, 2.45) is 5.73 Å². The molecular weight excluding hydrogens is 288 g/mol. The Labute approximate surface area is 137 Å². The van der Waals surface area contributed by atoms with Gasteiger partial charge in [-0.2, -0.15) is 0 Å². The molecule has 0 atom stereocenters. The highest BCUT2D eigenvalue weighted by Crippen LogP contribution is 2.17. The Morgan fingerprint density at radius 3 is 2.61 bits per heavy atom. The molecule has 1 amide bonds. The van der Waals surface area contributed by atoms with Crippen molar-refractivity contribution in [2.75, 3.05) is 23.3 Å². The fourth-order valence-corrected chi connectivity index (χ4v) is 2.29. The first kappa shape index (κ1) is 17.0. The molecule has 2 rings (SSSR count). The van der Waals surface area contributed by atoms with Gasteiger partial charge in [0.05, 0.1) is 11.9 Å². The molecule has 122 valence electrons. The number of anilines is 2. The Hall–Kier alpha value is -2.40. The molecule has 1 heterocycles. The van der Waals surface area contributed by atoms with Gasteiger partial charge in [0, 0.05) is 19.5 Å². The lowest BCUT2D eigenvalue weighted by Crippen LogP contribution is -2.23. The highest BCUT2D eigenvalue weighted by molar-refractivity contribution is 5.90. The van der Waals surface area contributed by atoms with Crippen LogP contribution in [0.5, 0.6) is 0 Å². The molecule has 1 aromatic carbocycles. The van der Waals surface area contributed by atoms with E-state index in [-0.39, 0.29) is 5.91 Å². The number of carbonyl (C=O) groups is 1. The minimum absolute atomic E-state index is 0.0263. The number of nitrogens with zero attached hydrogens (tertiary/aromatic N) is 2. The summed E-state index contributed by atoms with van der Waals surface area (Å²) in [5.74, 6) is 0.873. The van der Waals surface area contributed by atoms with Gasteiger partial charge in [-0.15, -0.1) is 0 Å². The molecule has 0 aliphatic rings. The highest BCUT2D eigenvalue weighted by Gasteiger charge is 2.07. The molecule has 0 radical (unpaired) electrons. The molecule has 0 unspecified atom stereocenters. The number of hydrogen-bond donors (Lipinski definition) is 2. The molecule has 0 spiro atoms. The molecule has 5 heteroatoms. The molecule has 0 aliphatic heterocycles. The van der Waals surface area contributed by atoms with Crippen molar-refractivity contribution in [3.05, 3.63) is 54.2 Å². The summed E-state index contributed by atoms with van der Waals surface area (Å²) in [6.45, 7) is 4.30. The fourth-order valence-electron chi connectivity index (χ4n) is 2.29. The summed E-state index contributed by atoms with van der Waals surface area (Å²) in [5, 5.41) is 2.84. The Balaban J connectivity index is 1.98. The number of carbonyl (C=O) groups excluding carboxylic acids is 1. The molecule has 0 bridgehead atoms. The number of hydrogen-bond acceptors (Lipinski definition) is 4. The van der Waals surface area contributed by atoms with Gasteiger partial charge in [-0.1, -0.05) is 30.3 Å². The summed E-state index contributed by atoms with van der Waals surface area (Å²) in [5.41, 5.74) is 7.36. The zero-order valence-electron chi connectivity index (χ0n) is 13.5. The first-order valence-corrected chi connectivity index (χ1v) is 7.97. The quantitative estimate of drug-likeness (QED) is 0.786. The van der Waals surface area contributed by atoms with E-state index in [1.165, 1.54) is 5.56 Å². The van der Waals surface area contributed by atoms with Crippen LogP contribution in [0.15, 0.2) is 48.7 Å². The monoisotopic (exact) mass is 312 g/mol. The lowest BCUT2D eigenvalue weighted by atomic mass is 10.2. The van der Waals surface area contributed by atoms with E-state index in [0.717, 1.165) is 18.9 Å². The van der Waals surface area contributed by atoms with Crippen LogP contribution >= 0.6 is 0 Å². The third-order valence-electron chi connectivity index (χ3n) is 3.56. The molecular formula is C18H24N4O. The van der Waals surface area contributed by atoms with Crippen molar-refractivity contribution < 1.29 is 4.79 Å². The number of aromatic nitrogens is 1. The molecule has 0 saturated carbocycles. The fraction of sp³-hybridized carbons (Fsp3) is 0.333. The Bertz CT molecular complexity index is 598. The molecule has 5 nitrogen and oxygen atoms in total. The maximum Gasteiger partial charge on any atom is 0.224 e. The van der Waals surface area contributed by atoms with E-state index in [1.807, 2.05) is 30.3 Å². The van der Waals surface area contributed by atoms with Crippen LogP contribution in [0, 0.1) is 0 Å². The predicted octanol–water partition coefficient (Wildman–Crippen LogP) is 2.79. The minimum Gasteiger partial charge on any atom is -0.353 e. The number of nitrogens with two attached hydrogens (primary N) is 1. The number of pyridine rings is 1. The summed E-state index contributed by atoms with van der Waals surface area (Å²) in [4.78, 5) is 18.3. The second kappa shape index (κ2) is 8.90. The zero-order chi connectivity index (χ0) is 16.5. The lowest BCUT2D eigenvalue weighted by molar-refractivity contribution is -0.116. The van der Waals surface area contributed by atoms with E-state index < -0.39 is 0 Å².